The second-order valence-electron chi connectivity index (χ2n) is 7.17. The summed E-state index contributed by atoms with van der Waals surface area (Å²) in [6, 6.07) is 16.7. The van der Waals surface area contributed by atoms with E-state index >= 15 is 0 Å². The molecule has 0 aliphatic carbocycles. The Morgan fingerprint density at radius 3 is 2.21 bits per heavy atom. The lowest BCUT2D eigenvalue weighted by atomic mass is 10.1. The summed E-state index contributed by atoms with van der Waals surface area (Å²) in [6.07, 6.45) is 0.431. The van der Waals surface area contributed by atoms with Gasteiger partial charge >= 0.3 is 5.97 Å². The summed E-state index contributed by atoms with van der Waals surface area (Å²) < 4.78 is 11.3. The highest BCUT2D eigenvalue weighted by Crippen LogP contribution is 2.28. The van der Waals surface area contributed by atoms with Crippen LogP contribution in [0.25, 0.3) is 22.6 Å². The summed E-state index contributed by atoms with van der Waals surface area (Å²) >= 11 is 0. The molecule has 1 N–H and O–H groups in total. The van der Waals surface area contributed by atoms with Crippen molar-refractivity contribution in [3.8, 4) is 22.6 Å². The first-order valence-corrected chi connectivity index (χ1v) is 9.31. The topological polar surface area (TPSA) is 75.8 Å². The van der Waals surface area contributed by atoms with Gasteiger partial charge < -0.3 is 19.3 Å². The van der Waals surface area contributed by atoms with Crippen LogP contribution in [-0.2, 0) is 4.74 Å². The maximum Gasteiger partial charge on any atom is 0.335 e. The van der Waals surface area contributed by atoms with Gasteiger partial charge in [0.1, 0.15) is 5.69 Å². The minimum absolute atomic E-state index is 0.216. The Labute approximate surface area is 163 Å². The highest BCUT2D eigenvalue weighted by Gasteiger charge is 2.22. The smallest absolute Gasteiger partial charge is 0.335 e. The van der Waals surface area contributed by atoms with Crippen LogP contribution in [0.15, 0.2) is 59.1 Å². The third kappa shape index (κ3) is 3.77. The Morgan fingerprint density at radius 2 is 1.61 bits per heavy atom. The zero-order valence-corrected chi connectivity index (χ0v) is 15.8. The molecule has 2 unspecified atom stereocenters. The van der Waals surface area contributed by atoms with E-state index in [-0.39, 0.29) is 17.8 Å². The fraction of sp³-hybridized carbons (Fsp3) is 0.273. The highest BCUT2D eigenvalue weighted by molar-refractivity contribution is 5.88. The number of nitrogens with zero attached hydrogens (tertiary/aromatic N) is 2. The predicted molar refractivity (Wildman–Crippen MR) is 107 cm³/mol. The van der Waals surface area contributed by atoms with Crippen molar-refractivity contribution in [2.75, 3.05) is 18.0 Å². The van der Waals surface area contributed by atoms with E-state index in [4.69, 9.17) is 14.4 Å². The first kappa shape index (κ1) is 18.3. The molecule has 0 spiro atoms. The molecule has 1 aliphatic rings. The van der Waals surface area contributed by atoms with E-state index in [2.05, 4.69) is 36.0 Å². The van der Waals surface area contributed by atoms with Crippen molar-refractivity contribution in [2.24, 2.45) is 0 Å². The van der Waals surface area contributed by atoms with Gasteiger partial charge in [0.15, 0.2) is 5.76 Å². The molecular weight excluding hydrogens is 356 g/mol. The van der Waals surface area contributed by atoms with Gasteiger partial charge in [-0.15, -0.1) is 0 Å². The van der Waals surface area contributed by atoms with Crippen molar-refractivity contribution in [2.45, 2.75) is 26.1 Å². The van der Waals surface area contributed by atoms with Gasteiger partial charge in [-0.3, -0.25) is 0 Å². The van der Waals surface area contributed by atoms with Crippen LogP contribution in [0.1, 0.15) is 24.2 Å². The number of aromatic nitrogens is 1. The van der Waals surface area contributed by atoms with E-state index < -0.39 is 5.97 Å². The fourth-order valence-corrected chi connectivity index (χ4v) is 3.56. The van der Waals surface area contributed by atoms with Crippen LogP contribution in [0, 0.1) is 0 Å². The Kier molecular flexibility index (Phi) is 4.88. The van der Waals surface area contributed by atoms with Gasteiger partial charge in [-0.2, -0.15) is 0 Å². The molecule has 6 heteroatoms. The molecule has 1 aliphatic heterocycles. The monoisotopic (exact) mass is 378 g/mol. The van der Waals surface area contributed by atoms with Crippen molar-refractivity contribution >= 4 is 11.7 Å². The third-order valence-corrected chi connectivity index (χ3v) is 4.87. The zero-order chi connectivity index (χ0) is 19.7. The molecule has 2 atom stereocenters. The Bertz CT molecular complexity index is 953. The van der Waals surface area contributed by atoms with Crippen LogP contribution >= 0.6 is 0 Å². The Balaban J connectivity index is 1.51. The summed E-state index contributed by atoms with van der Waals surface area (Å²) in [5, 5.41) is 13.1. The summed E-state index contributed by atoms with van der Waals surface area (Å²) in [4.78, 5) is 13.3. The molecular formula is C22H22N2O4. The lowest BCUT2D eigenvalue weighted by Crippen LogP contribution is -2.45. The average Bonchev–Trinajstić information content (AvgIpc) is 3.18. The standard InChI is InChI=1S/C22H22N2O4/c1-14-12-24(13-15(2)27-14)19-9-7-17(8-10-19)21-11-20(23-28-21)16-3-5-18(6-4-16)22(25)26/h3-11,14-15H,12-13H2,1-2H3,(H,25,26). The maximum atomic E-state index is 11.0. The summed E-state index contributed by atoms with van der Waals surface area (Å²) in [6.45, 7) is 5.94. The zero-order valence-electron chi connectivity index (χ0n) is 15.8. The maximum absolute atomic E-state index is 11.0. The molecule has 0 saturated carbocycles. The molecule has 0 radical (unpaired) electrons. The van der Waals surface area contributed by atoms with Gasteiger partial charge in [-0.25, -0.2) is 4.79 Å². The highest BCUT2D eigenvalue weighted by atomic mass is 16.5. The number of benzene rings is 2. The second-order valence-corrected chi connectivity index (χ2v) is 7.17. The van der Waals surface area contributed by atoms with Gasteiger partial charge in [0.2, 0.25) is 0 Å². The first-order chi connectivity index (χ1) is 13.5. The molecule has 3 aromatic rings. The summed E-state index contributed by atoms with van der Waals surface area (Å²) in [7, 11) is 0. The minimum Gasteiger partial charge on any atom is -0.478 e. The number of rotatable bonds is 4. The van der Waals surface area contributed by atoms with Gasteiger partial charge in [-0.1, -0.05) is 17.3 Å². The lowest BCUT2D eigenvalue weighted by molar-refractivity contribution is -0.00522. The van der Waals surface area contributed by atoms with Crippen molar-refractivity contribution in [1.29, 1.82) is 0 Å². The third-order valence-electron chi connectivity index (χ3n) is 4.87. The molecule has 144 valence electrons. The van der Waals surface area contributed by atoms with Crippen molar-refractivity contribution < 1.29 is 19.2 Å². The Hall–Kier alpha value is -3.12. The molecule has 2 aromatic carbocycles. The van der Waals surface area contributed by atoms with Crippen molar-refractivity contribution in [3.05, 3.63) is 60.2 Å². The van der Waals surface area contributed by atoms with Crippen LogP contribution in [0.3, 0.4) is 0 Å². The van der Waals surface area contributed by atoms with Crippen LogP contribution in [-0.4, -0.2) is 41.5 Å². The number of ether oxygens (including phenoxy) is 1. The number of hydrogen-bond donors (Lipinski definition) is 1. The van der Waals surface area contributed by atoms with E-state index in [9.17, 15) is 4.79 Å². The number of carboxylic acid groups (broad SMARTS) is 1. The predicted octanol–water partition coefficient (Wildman–Crippen LogP) is 4.32. The number of aromatic carboxylic acids is 1. The number of anilines is 1. The van der Waals surface area contributed by atoms with Gasteiger partial charge in [0, 0.05) is 36.0 Å². The normalized spacial score (nSPS) is 19.6. The van der Waals surface area contributed by atoms with Crippen LogP contribution in [0.5, 0.6) is 0 Å². The SMILES string of the molecule is CC1CN(c2ccc(-c3cc(-c4ccc(C(=O)O)cc4)no3)cc2)CC(C)O1. The van der Waals surface area contributed by atoms with E-state index in [0.29, 0.717) is 11.5 Å². The number of morpholine rings is 1. The quantitative estimate of drug-likeness (QED) is 0.729. The average molecular weight is 378 g/mol. The van der Waals surface area contributed by atoms with Crippen LogP contribution in [0.2, 0.25) is 0 Å². The van der Waals surface area contributed by atoms with E-state index in [1.807, 2.05) is 18.2 Å². The second kappa shape index (κ2) is 7.48. The van der Waals surface area contributed by atoms with Gasteiger partial charge in [0.25, 0.3) is 0 Å². The van der Waals surface area contributed by atoms with Gasteiger partial charge in [-0.05, 0) is 50.2 Å². The van der Waals surface area contributed by atoms with E-state index in [1.165, 1.54) is 0 Å². The summed E-state index contributed by atoms with van der Waals surface area (Å²) in [5.74, 6) is -0.274. The molecule has 6 nitrogen and oxygen atoms in total. The van der Waals surface area contributed by atoms with Crippen LogP contribution in [0.4, 0.5) is 5.69 Å². The van der Waals surface area contributed by atoms with Crippen LogP contribution < -0.4 is 4.90 Å². The number of hydrogen-bond acceptors (Lipinski definition) is 5. The van der Waals surface area contributed by atoms with Crippen molar-refractivity contribution in [1.82, 2.24) is 5.16 Å². The minimum atomic E-state index is -0.948. The number of carbonyl (C=O) groups is 1. The fourth-order valence-electron chi connectivity index (χ4n) is 3.56. The molecule has 1 aromatic heterocycles. The van der Waals surface area contributed by atoms with Crippen molar-refractivity contribution in [3.63, 3.8) is 0 Å². The molecule has 4 rings (SSSR count). The Morgan fingerprint density at radius 1 is 1.00 bits per heavy atom. The molecule has 28 heavy (non-hydrogen) atoms. The molecule has 1 fully saturated rings. The van der Waals surface area contributed by atoms with E-state index in [0.717, 1.165) is 29.9 Å². The first-order valence-electron chi connectivity index (χ1n) is 9.31. The molecule has 1 saturated heterocycles. The number of carboxylic acids is 1. The van der Waals surface area contributed by atoms with Gasteiger partial charge in [0.05, 0.1) is 17.8 Å². The largest absolute Gasteiger partial charge is 0.478 e. The summed E-state index contributed by atoms with van der Waals surface area (Å²) in [5.41, 5.74) is 3.84. The molecule has 2 heterocycles. The lowest BCUT2D eigenvalue weighted by Gasteiger charge is -2.36. The molecule has 0 amide bonds. The van der Waals surface area contributed by atoms with E-state index in [1.54, 1.807) is 24.3 Å². The molecule has 0 bridgehead atoms.